The second kappa shape index (κ2) is 17.4. The van der Waals surface area contributed by atoms with Gasteiger partial charge in [-0.3, -0.25) is 0 Å². The van der Waals surface area contributed by atoms with Gasteiger partial charge in [-0.25, -0.2) is 0 Å². The molecular formula is C45H74O17. The van der Waals surface area contributed by atoms with E-state index >= 15 is 0 Å². The number of aliphatic hydroxyl groups is 9. The predicted octanol–water partition coefficient (Wildman–Crippen LogP) is 0.294. The largest absolute Gasteiger partial charge is 0.394 e. The molecule has 0 amide bonds. The van der Waals surface area contributed by atoms with Crippen molar-refractivity contribution >= 4 is 0 Å². The zero-order valence-corrected chi connectivity index (χ0v) is 36.8. The zero-order valence-electron chi connectivity index (χ0n) is 36.8. The van der Waals surface area contributed by atoms with E-state index in [0.717, 1.165) is 51.6 Å². The molecule has 0 radical (unpaired) electrons. The topological polar surface area (TPSA) is 256 Å². The van der Waals surface area contributed by atoms with Gasteiger partial charge in [0.05, 0.1) is 38.1 Å². The predicted molar refractivity (Wildman–Crippen MR) is 214 cm³/mol. The third-order valence-corrected chi connectivity index (χ3v) is 18.2. The summed E-state index contributed by atoms with van der Waals surface area (Å²) in [5, 5.41) is 95.8. The van der Waals surface area contributed by atoms with E-state index in [2.05, 4.69) is 27.7 Å². The Morgan fingerprint density at radius 1 is 0.581 bits per heavy atom. The lowest BCUT2D eigenvalue weighted by Crippen LogP contribution is -2.67. The molecule has 5 heterocycles. The number of aliphatic hydroxyl groups excluding tert-OH is 9. The van der Waals surface area contributed by atoms with Crippen LogP contribution >= 0.6 is 0 Å². The van der Waals surface area contributed by atoms with Crippen molar-refractivity contribution in [2.24, 2.45) is 52.3 Å². The first-order valence-electron chi connectivity index (χ1n) is 23.7. The van der Waals surface area contributed by atoms with Gasteiger partial charge in [-0.1, -0.05) is 27.7 Å². The molecule has 9 fully saturated rings. The maximum absolute atomic E-state index is 12.0. The quantitative estimate of drug-likeness (QED) is 0.149. The molecule has 27 atom stereocenters. The highest BCUT2D eigenvalue weighted by Crippen LogP contribution is 2.71. The van der Waals surface area contributed by atoms with Gasteiger partial charge in [0, 0.05) is 12.3 Å². The number of rotatable bonds is 8. The van der Waals surface area contributed by atoms with Crippen molar-refractivity contribution in [1.82, 2.24) is 0 Å². The number of ether oxygens (including phenoxy) is 8. The minimum atomic E-state index is -1.81. The normalized spacial score (nSPS) is 58.9. The summed E-state index contributed by atoms with van der Waals surface area (Å²) >= 11 is 0. The summed E-state index contributed by atoms with van der Waals surface area (Å²) in [5.74, 6) is 3.18. The van der Waals surface area contributed by atoms with Gasteiger partial charge in [0.25, 0.3) is 0 Å². The Balaban J connectivity index is 0.899. The maximum atomic E-state index is 12.0. The maximum Gasteiger partial charge on any atom is 0.187 e. The molecular weight excluding hydrogens is 812 g/mol. The van der Waals surface area contributed by atoms with Gasteiger partial charge in [-0.2, -0.15) is 0 Å². The van der Waals surface area contributed by atoms with Crippen LogP contribution in [0.1, 0.15) is 98.8 Å². The monoisotopic (exact) mass is 886 g/mol. The second-order valence-corrected chi connectivity index (χ2v) is 21.5. The molecule has 0 aromatic heterocycles. The summed E-state index contributed by atoms with van der Waals surface area (Å²) in [4.78, 5) is 0. The third-order valence-electron chi connectivity index (χ3n) is 18.2. The highest BCUT2D eigenvalue weighted by molar-refractivity contribution is 5.15. The van der Waals surface area contributed by atoms with Gasteiger partial charge < -0.3 is 83.9 Å². The molecule has 0 aromatic rings. The fourth-order valence-corrected chi connectivity index (χ4v) is 14.6. The summed E-state index contributed by atoms with van der Waals surface area (Å²) in [6, 6.07) is 0. The molecule has 9 rings (SSSR count). The van der Waals surface area contributed by atoms with Crippen molar-refractivity contribution in [3.8, 4) is 0 Å². The van der Waals surface area contributed by atoms with Gasteiger partial charge in [-0.05, 0) is 111 Å². The first-order valence-corrected chi connectivity index (χ1v) is 23.7. The Morgan fingerprint density at radius 3 is 1.94 bits per heavy atom. The molecule has 62 heavy (non-hydrogen) atoms. The van der Waals surface area contributed by atoms with Gasteiger partial charge in [-0.15, -0.1) is 0 Å². The van der Waals surface area contributed by atoms with Gasteiger partial charge in [0.2, 0.25) is 0 Å². The molecule has 6 unspecified atom stereocenters. The molecule has 356 valence electrons. The van der Waals surface area contributed by atoms with Gasteiger partial charge in [0.15, 0.2) is 24.7 Å². The van der Waals surface area contributed by atoms with Crippen LogP contribution < -0.4 is 0 Å². The van der Waals surface area contributed by atoms with E-state index in [9.17, 15) is 46.0 Å². The van der Waals surface area contributed by atoms with Gasteiger partial charge >= 0.3 is 0 Å². The summed E-state index contributed by atoms with van der Waals surface area (Å²) in [5.41, 5.74) is 0.320. The standard InChI is InChI=1S/C45H74O17/c1-19-8-13-45(55-18-19)20(2)30-27(62-45)15-26-24-7-6-22-14-23(9-11-43(22,4)25(24)10-12-44(26,30)5)57-42-39(61-40-35(52)33(50)31(48)21(3)56-40)37(54)38(29(17-47)59-42)60-41-36(53)34(51)32(49)28(16-46)58-41/h19-42,46-54H,6-18H2,1-5H3/t19-,20-,21-,22+,23-,24?,25?,26?,27?,28+,29+,30?,31-,32+,33+,34-,35+,36+,37-,38-,39+,40-,41-,42+,43-,44-,45?/m0/s1. The van der Waals surface area contributed by atoms with Crippen LogP contribution in [0.15, 0.2) is 0 Å². The molecule has 17 heteroatoms. The molecule has 5 saturated heterocycles. The van der Waals surface area contributed by atoms with Crippen molar-refractivity contribution in [1.29, 1.82) is 0 Å². The van der Waals surface area contributed by atoms with Crippen molar-refractivity contribution in [3.63, 3.8) is 0 Å². The minimum absolute atomic E-state index is 0.103. The molecule has 4 saturated carbocycles. The molecule has 9 N–H and O–H groups in total. The van der Waals surface area contributed by atoms with E-state index in [1.807, 2.05) is 0 Å². The first kappa shape index (κ1) is 46.4. The Morgan fingerprint density at radius 2 is 1.24 bits per heavy atom. The fraction of sp³-hybridized carbons (Fsp3) is 1.00. The van der Waals surface area contributed by atoms with E-state index in [0.29, 0.717) is 47.8 Å². The second-order valence-electron chi connectivity index (χ2n) is 21.5. The van der Waals surface area contributed by atoms with Crippen molar-refractivity contribution in [2.45, 2.75) is 209 Å². The Kier molecular flexibility index (Phi) is 13.1. The number of hydrogen-bond acceptors (Lipinski definition) is 17. The SMILES string of the molecule is C[C@H]1CCC2(OC1)OC1CC3C4CC[C@@H]5C[C@@H](O[C@@H]6O[C@H](CO)[C@H](O[C@@H]7O[C@H](CO)[C@@H](O)[C@H](O)[C@H]7O)[C@H](O)[C@H]6O[C@@H]6O[C@@H](C)[C@H](O)[C@@H](O)[C@H]6O)CC[C@]5(C)C4CC[C@]3(C)C1[C@@H]2C. The van der Waals surface area contributed by atoms with E-state index in [-0.39, 0.29) is 23.0 Å². The molecule has 9 aliphatic rings. The summed E-state index contributed by atoms with van der Waals surface area (Å²) in [6.07, 6.45) is -12.6. The third kappa shape index (κ3) is 7.56. The van der Waals surface area contributed by atoms with Crippen LogP contribution in [0.4, 0.5) is 0 Å². The molecule has 4 aliphatic carbocycles. The van der Waals surface area contributed by atoms with Crippen LogP contribution in [0.5, 0.6) is 0 Å². The summed E-state index contributed by atoms with van der Waals surface area (Å²) in [6.45, 7) is 10.6. The van der Waals surface area contributed by atoms with Crippen LogP contribution in [-0.4, -0.2) is 176 Å². The van der Waals surface area contributed by atoms with Crippen LogP contribution in [0.2, 0.25) is 0 Å². The van der Waals surface area contributed by atoms with E-state index in [4.69, 9.17) is 37.9 Å². The highest BCUT2D eigenvalue weighted by atomic mass is 16.8. The minimum Gasteiger partial charge on any atom is -0.394 e. The van der Waals surface area contributed by atoms with E-state index in [1.54, 1.807) is 0 Å². The summed E-state index contributed by atoms with van der Waals surface area (Å²) in [7, 11) is 0. The van der Waals surface area contributed by atoms with Crippen LogP contribution in [-0.2, 0) is 37.9 Å². The Labute approximate surface area is 364 Å². The fourth-order valence-electron chi connectivity index (χ4n) is 14.6. The zero-order chi connectivity index (χ0) is 44.2. The van der Waals surface area contributed by atoms with Crippen LogP contribution in [0.3, 0.4) is 0 Å². The highest BCUT2D eigenvalue weighted by Gasteiger charge is 2.69. The Hall–Kier alpha value is -0.680. The molecule has 1 spiro atoms. The average Bonchev–Trinajstić information content (AvgIpc) is 3.70. The van der Waals surface area contributed by atoms with E-state index in [1.165, 1.54) is 19.8 Å². The average molecular weight is 887 g/mol. The van der Waals surface area contributed by atoms with Gasteiger partial charge in [0.1, 0.15) is 67.1 Å². The Bertz CT molecular complexity index is 1550. The number of fused-ring (bicyclic) bond motifs is 7. The molecule has 5 aliphatic heterocycles. The van der Waals surface area contributed by atoms with E-state index < -0.39 is 111 Å². The van der Waals surface area contributed by atoms with Crippen molar-refractivity contribution in [2.75, 3.05) is 19.8 Å². The lowest BCUT2D eigenvalue weighted by atomic mass is 9.44. The molecule has 0 aromatic carbocycles. The lowest BCUT2D eigenvalue weighted by Gasteiger charge is -2.61. The molecule has 17 nitrogen and oxygen atoms in total. The first-order chi connectivity index (χ1) is 29.4. The molecule has 0 bridgehead atoms. The summed E-state index contributed by atoms with van der Waals surface area (Å²) < 4.78 is 50.0. The van der Waals surface area contributed by atoms with Crippen molar-refractivity contribution in [3.05, 3.63) is 0 Å². The van der Waals surface area contributed by atoms with Crippen LogP contribution in [0.25, 0.3) is 0 Å². The number of hydrogen-bond donors (Lipinski definition) is 9. The lowest BCUT2D eigenvalue weighted by molar-refractivity contribution is -0.390. The van der Waals surface area contributed by atoms with Crippen LogP contribution in [0, 0.1) is 52.3 Å². The smallest absolute Gasteiger partial charge is 0.187 e. The van der Waals surface area contributed by atoms with Crippen molar-refractivity contribution < 1.29 is 83.9 Å².